The minimum Gasteiger partial charge on any atom is -0.389 e. The summed E-state index contributed by atoms with van der Waals surface area (Å²) in [6.07, 6.45) is 1.48. The quantitative estimate of drug-likeness (QED) is 0.661. The van der Waals surface area contributed by atoms with Crippen molar-refractivity contribution < 1.29 is 5.11 Å². The van der Waals surface area contributed by atoms with Crippen molar-refractivity contribution in [3.05, 3.63) is 36.0 Å². The first-order valence-electron chi connectivity index (χ1n) is 4.03. The number of aliphatic hydroxyl groups excluding tert-OH is 1. The maximum atomic E-state index is 9.42. The third-order valence-corrected chi connectivity index (χ3v) is 2.07. The molecule has 0 aliphatic carbocycles. The van der Waals surface area contributed by atoms with E-state index in [1.54, 1.807) is 6.92 Å². The normalized spacial score (nSPS) is 13.5. The van der Waals surface area contributed by atoms with Crippen LogP contribution < -0.4 is 0 Å². The molecule has 0 fully saturated rings. The minimum absolute atomic E-state index is 0.410. The van der Waals surface area contributed by atoms with Gasteiger partial charge >= 0.3 is 0 Å². The van der Waals surface area contributed by atoms with Crippen LogP contribution >= 0.6 is 0 Å². The monoisotopic (exact) mass is 161 g/mol. The van der Waals surface area contributed by atoms with Crippen LogP contribution in [-0.4, -0.2) is 10.1 Å². The molecule has 0 spiro atoms. The zero-order valence-electron chi connectivity index (χ0n) is 6.91. The number of hydrogen-bond donors (Lipinski definition) is 2. The molecule has 62 valence electrons. The van der Waals surface area contributed by atoms with E-state index in [0.29, 0.717) is 0 Å². The maximum Gasteiger partial charge on any atom is 0.0782 e. The van der Waals surface area contributed by atoms with E-state index in [4.69, 9.17) is 0 Å². The molecule has 1 heterocycles. The lowest BCUT2D eigenvalue weighted by Gasteiger charge is -2.04. The molecule has 0 unspecified atom stereocenters. The molecule has 2 nitrogen and oxygen atoms in total. The fraction of sp³-hybridized carbons (Fsp3) is 0.200. The highest BCUT2D eigenvalue weighted by molar-refractivity contribution is 5.82. The molecule has 0 radical (unpaired) electrons. The van der Waals surface area contributed by atoms with Crippen LogP contribution in [0.3, 0.4) is 0 Å². The smallest absolute Gasteiger partial charge is 0.0782 e. The molecule has 0 aliphatic heterocycles. The second kappa shape index (κ2) is 2.64. The van der Waals surface area contributed by atoms with Gasteiger partial charge in [-0.05, 0) is 18.4 Å². The average Bonchev–Trinajstić information content (AvgIpc) is 2.49. The number of para-hydroxylation sites is 1. The van der Waals surface area contributed by atoms with Crippen molar-refractivity contribution in [3.63, 3.8) is 0 Å². The summed E-state index contributed by atoms with van der Waals surface area (Å²) < 4.78 is 0. The summed E-state index contributed by atoms with van der Waals surface area (Å²) in [6.45, 7) is 1.77. The molecule has 1 aromatic carbocycles. The first kappa shape index (κ1) is 7.37. The number of aromatic amines is 1. The van der Waals surface area contributed by atoms with Crippen LogP contribution in [0.4, 0.5) is 0 Å². The average molecular weight is 161 g/mol. The molecule has 0 aliphatic rings. The summed E-state index contributed by atoms with van der Waals surface area (Å²) >= 11 is 0. The SMILES string of the molecule is C[C@H](O)c1cccc2cc[nH]c12. The van der Waals surface area contributed by atoms with E-state index in [9.17, 15) is 5.11 Å². The minimum atomic E-state index is -0.410. The number of fused-ring (bicyclic) bond motifs is 1. The number of aliphatic hydroxyl groups is 1. The second-order valence-corrected chi connectivity index (χ2v) is 2.97. The summed E-state index contributed by atoms with van der Waals surface area (Å²) in [5.74, 6) is 0. The predicted octanol–water partition coefficient (Wildman–Crippen LogP) is 2.22. The Labute approximate surface area is 70.8 Å². The lowest BCUT2D eigenvalue weighted by Crippen LogP contribution is -1.91. The number of rotatable bonds is 1. The Morgan fingerprint density at radius 3 is 2.92 bits per heavy atom. The predicted molar refractivity (Wildman–Crippen MR) is 48.9 cm³/mol. The Morgan fingerprint density at radius 2 is 2.17 bits per heavy atom. The molecule has 0 saturated heterocycles. The van der Waals surface area contributed by atoms with Crippen molar-refractivity contribution in [1.82, 2.24) is 4.98 Å². The third-order valence-electron chi connectivity index (χ3n) is 2.07. The van der Waals surface area contributed by atoms with E-state index in [0.717, 1.165) is 16.5 Å². The standard InChI is InChI=1S/C10H11NO/c1-7(12)9-4-2-3-8-5-6-11-10(8)9/h2-7,11-12H,1H3/t7-/m0/s1. The zero-order chi connectivity index (χ0) is 8.55. The summed E-state index contributed by atoms with van der Waals surface area (Å²) in [7, 11) is 0. The largest absolute Gasteiger partial charge is 0.389 e. The van der Waals surface area contributed by atoms with Gasteiger partial charge in [0, 0.05) is 11.8 Å². The van der Waals surface area contributed by atoms with Gasteiger partial charge in [-0.3, -0.25) is 0 Å². The van der Waals surface area contributed by atoms with Crippen molar-refractivity contribution in [2.75, 3.05) is 0 Å². The Kier molecular flexibility index (Phi) is 1.62. The molecule has 2 rings (SSSR count). The number of H-pyrrole nitrogens is 1. The van der Waals surface area contributed by atoms with Crippen LogP contribution in [0.25, 0.3) is 10.9 Å². The molecular weight excluding hydrogens is 150 g/mol. The topological polar surface area (TPSA) is 36.0 Å². The highest BCUT2D eigenvalue weighted by atomic mass is 16.3. The second-order valence-electron chi connectivity index (χ2n) is 2.97. The van der Waals surface area contributed by atoms with E-state index in [1.807, 2.05) is 30.5 Å². The van der Waals surface area contributed by atoms with Crippen LogP contribution in [-0.2, 0) is 0 Å². The van der Waals surface area contributed by atoms with Crippen molar-refractivity contribution in [2.45, 2.75) is 13.0 Å². The lowest BCUT2D eigenvalue weighted by atomic mass is 10.1. The maximum absolute atomic E-state index is 9.42. The highest BCUT2D eigenvalue weighted by Gasteiger charge is 2.05. The summed E-state index contributed by atoms with van der Waals surface area (Å²) in [4.78, 5) is 3.11. The fourth-order valence-corrected chi connectivity index (χ4v) is 1.46. The van der Waals surface area contributed by atoms with Gasteiger partial charge in [0.25, 0.3) is 0 Å². The summed E-state index contributed by atoms with van der Waals surface area (Å²) in [6, 6.07) is 7.92. The molecule has 2 aromatic rings. The molecule has 12 heavy (non-hydrogen) atoms. The Morgan fingerprint density at radius 1 is 1.33 bits per heavy atom. The van der Waals surface area contributed by atoms with Gasteiger partial charge < -0.3 is 10.1 Å². The van der Waals surface area contributed by atoms with E-state index in [-0.39, 0.29) is 0 Å². The molecule has 2 heteroatoms. The first-order chi connectivity index (χ1) is 5.79. The summed E-state index contributed by atoms with van der Waals surface area (Å²) in [5, 5.41) is 10.6. The van der Waals surface area contributed by atoms with Gasteiger partial charge in [-0.2, -0.15) is 0 Å². The number of benzene rings is 1. The molecular formula is C10H11NO. The number of nitrogens with one attached hydrogen (secondary N) is 1. The van der Waals surface area contributed by atoms with Crippen molar-refractivity contribution in [2.24, 2.45) is 0 Å². The Balaban J connectivity index is 2.73. The van der Waals surface area contributed by atoms with Gasteiger partial charge in [0.15, 0.2) is 0 Å². The van der Waals surface area contributed by atoms with Gasteiger partial charge in [-0.25, -0.2) is 0 Å². The molecule has 1 aromatic heterocycles. The lowest BCUT2D eigenvalue weighted by molar-refractivity contribution is 0.200. The van der Waals surface area contributed by atoms with Crippen LogP contribution in [0.5, 0.6) is 0 Å². The van der Waals surface area contributed by atoms with Crippen LogP contribution in [0.1, 0.15) is 18.6 Å². The molecule has 0 saturated carbocycles. The van der Waals surface area contributed by atoms with Gasteiger partial charge in [0.1, 0.15) is 0 Å². The van der Waals surface area contributed by atoms with Crippen molar-refractivity contribution in [3.8, 4) is 0 Å². The van der Waals surface area contributed by atoms with Gasteiger partial charge in [0.05, 0.1) is 11.6 Å². The molecule has 2 N–H and O–H groups in total. The molecule has 0 amide bonds. The fourth-order valence-electron chi connectivity index (χ4n) is 1.46. The van der Waals surface area contributed by atoms with Crippen LogP contribution in [0.2, 0.25) is 0 Å². The van der Waals surface area contributed by atoms with E-state index in [2.05, 4.69) is 4.98 Å². The first-order valence-corrected chi connectivity index (χ1v) is 4.03. The van der Waals surface area contributed by atoms with Gasteiger partial charge in [-0.1, -0.05) is 18.2 Å². The van der Waals surface area contributed by atoms with E-state index < -0.39 is 6.10 Å². The van der Waals surface area contributed by atoms with Crippen LogP contribution in [0, 0.1) is 0 Å². The van der Waals surface area contributed by atoms with Crippen molar-refractivity contribution in [1.29, 1.82) is 0 Å². The van der Waals surface area contributed by atoms with E-state index in [1.165, 1.54) is 0 Å². The third kappa shape index (κ3) is 1.01. The van der Waals surface area contributed by atoms with Crippen LogP contribution in [0.15, 0.2) is 30.5 Å². The number of hydrogen-bond acceptors (Lipinski definition) is 1. The summed E-state index contributed by atoms with van der Waals surface area (Å²) in [5.41, 5.74) is 1.99. The van der Waals surface area contributed by atoms with Crippen molar-refractivity contribution >= 4 is 10.9 Å². The number of aromatic nitrogens is 1. The Hall–Kier alpha value is -1.28. The van der Waals surface area contributed by atoms with E-state index >= 15 is 0 Å². The van der Waals surface area contributed by atoms with Gasteiger partial charge in [-0.15, -0.1) is 0 Å². The Bertz CT molecular complexity index is 389. The zero-order valence-corrected chi connectivity index (χ0v) is 6.91. The molecule has 1 atom stereocenters. The van der Waals surface area contributed by atoms with Gasteiger partial charge in [0.2, 0.25) is 0 Å². The highest BCUT2D eigenvalue weighted by Crippen LogP contribution is 2.22. The molecule has 0 bridgehead atoms.